The van der Waals surface area contributed by atoms with Crippen LogP contribution in [0.2, 0.25) is 0 Å². The lowest BCUT2D eigenvalue weighted by Gasteiger charge is -2.07. The molecule has 0 heterocycles. The summed E-state index contributed by atoms with van der Waals surface area (Å²) < 4.78 is 7.44. The molecule has 0 spiro atoms. The van der Waals surface area contributed by atoms with E-state index in [-0.39, 0.29) is 6.42 Å². The van der Waals surface area contributed by atoms with Gasteiger partial charge in [-0.15, -0.1) is 0 Å². The number of ether oxygens (including phenoxy) is 1. The Balaban J connectivity index is 2.49. The summed E-state index contributed by atoms with van der Waals surface area (Å²) in [6, 6.07) is 7.68. The van der Waals surface area contributed by atoms with Crippen molar-refractivity contribution in [1.29, 1.82) is 0 Å². The molecule has 1 aromatic rings. The highest BCUT2D eigenvalue weighted by Crippen LogP contribution is 2.20. The monoisotopic (exact) mass is 332 g/mol. The number of rotatable bonds is 6. The molecule has 0 fully saturated rings. The van der Waals surface area contributed by atoms with E-state index in [1.54, 1.807) is 0 Å². The Morgan fingerprint density at radius 3 is 2.88 bits per heavy atom. The number of carboxylic acids is 1. The molecule has 3 nitrogen and oxygen atoms in total. The third-order valence-corrected chi connectivity index (χ3v) is 2.31. The minimum atomic E-state index is -0.788. The van der Waals surface area contributed by atoms with Gasteiger partial charge in [-0.05, 0) is 22.6 Å². The fourth-order valence-corrected chi connectivity index (χ4v) is 1.61. The molecule has 1 N–H and O–H groups in total. The van der Waals surface area contributed by atoms with E-state index in [2.05, 4.69) is 22.6 Å². The lowest BCUT2D eigenvalue weighted by molar-refractivity contribution is -0.137. The Morgan fingerprint density at radius 1 is 1.44 bits per heavy atom. The Hall–Kier alpha value is -1.04. The lowest BCUT2D eigenvalue weighted by Crippen LogP contribution is -2.02. The van der Waals surface area contributed by atoms with Crippen molar-refractivity contribution in [2.45, 2.75) is 12.8 Å². The molecule has 16 heavy (non-hydrogen) atoms. The molecule has 0 aliphatic heterocycles. The lowest BCUT2D eigenvalue weighted by atomic mass is 10.2. The summed E-state index contributed by atoms with van der Waals surface area (Å²) in [6.45, 7) is 0.429. The number of carbonyl (C=O) groups is 1. The van der Waals surface area contributed by atoms with Gasteiger partial charge in [0.1, 0.15) is 5.75 Å². The summed E-state index contributed by atoms with van der Waals surface area (Å²) in [6.07, 6.45) is 2.62. The molecule has 0 aromatic heterocycles. The van der Waals surface area contributed by atoms with Crippen molar-refractivity contribution in [3.63, 3.8) is 0 Å². The van der Waals surface area contributed by atoms with Gasteiger partial charge in [0.05, 0.1) is 6.61 Å². The fraction of sp³-hybridized carbons (Fsp3) is 0.250. The maximum absolute atomic E-state index is 10.3. The highest BCUT2D eigenvalue weighted by atomic mass is 127. The summed E-state index contributed by atoms with van der Waals surface area (Å²) in [7, 11) is 0. The second-order valence-electron chi connectivity index (χ2n) is 3.18. The van der Waals surface area contributed by atoms with Crippen LogP contribution in [0, 0.1) is 0 Å². The second-order valence-corrected chi connectivity index (χ2v) is 3.90. The van der Waals surface area contributed by atoms with Crippen LogP contribution in [0.1, 0.15) is 18.4 Å². The molecule has 0 aliphatic carbocycles. The molecule has 0 aliphatic rings. The summed E-state index contributed by atoms with van der Waals surface area (Å²) in [5.41, 5.74) is 1.01. The number of carboxylic acid groups (broad SMARTS) is 1. The van der Waals surface area contributed by atoms with E-state index in [1.165, 1.54) is 0 Å². The molecule has 0 unspecified atom stereocenters. The molecular formula is C12H13IO3. The van der Waals surface area contributed by atoms with Gasteiger partial charge in [-0.25, -0.2) is 0 Å². The number of hydrogen-bond donors (Lipinski definition) is 1. The third kappa shape index (κ3) is 4.65. The van der Waals surface area contributed by atoms with Gasteiger partial charge in [0, 0.05) is 12.0 Å². The van der Waals surface area contributed by atoms with Crippen molar-refractivity contribution in [2.24, 2.45) is 0 Å². The van der Waals surface area contributed by atoms with Gasteiger partial charge in [0.15, 0.2) is 0 Å². The zero-order chi connectivity index (χ0) is 11.8. The average Bonchev–Trinajstić information content (AvgIpc) is 2.26. The Labute approximate surface area is 108 Å². The van der Waals surface area contributed by atoms with Crippen molar-refractivity contribution in [2.75, 3.05) is 6.61 Å². The van der Waals surface area contributed by atoms with Crippen LogP contribution in [-0.2, 0) is 4.79 Å². The van der Waals surface area contributed by atoms with Crippen LogP contribution >= 0.6 is 22.6 Å². The van der Waals surface area contributed by atoms with E-state index in [9.17, 15) is 4.79 Å². The number of halogens is 1. The van der Waals surface area contributed by atoms with Crippen LogP contribution in [-0.4, -0.2) is 17.7 Å². The third-order valence-electron chi connectivity index (χ3n) is 1.95. The predicted molar refractivity (Wildman–Crippen MR) is 71.9 cm³/mol. The Bertz CT molecular complexity index is 374. The molecule has 4 heteroatoms. The van der Waals surface area contributed by atoms with E-state index in [4.69, 9.17) is 9.84 Å². The molecule has 0 saturated carbocycles. The zero-order valence-corrected chi connectivity index (χ0v) is 10.9. The molecule has 0 radical (unpaired) electrons. The first-order valence-corrected chi connectivity index (χ1v) is 6.19. The Kier molecular flexibility index (Phi) is 5.92. The normalized spacial score (nSPS) is 10.6. The van der Waals surface area contributed by atoms with Crippen LogP contribution in [0.4, 0.5) is 0 Å². The van der Waals surface area contributed by atoms with Crippen LogP contribution in [0.25, 0.3) is 6.08 Å². The van der Waals surface area contributed by atoms with E-state index < -0.39 is 5.97 Å². The first-order valence-electron chi connectivity index (χ1n) is 4.94. The van der Waals surface area contributed by atoms with Gasteiger partial charge in [-0.3, -0.25) is 4.79 Å². The van der Waals surface area contributed by atoms with E-state index in [0.717, 1.165) is 11.3 Å². The first-order chi connectivity index (χ1) is 7.74. The van der Waals surface area contributed by atoms with E-state index in [1.807, 2.05) is 34.4 Å². The van der Waals surface area contributed by atoms with Crippen LogP contribution in [0.15, 0.2) is 28.3 Å². The molecule has 86 valence electrons. The highest BCUT2D eigenvalue weighted by molar-refractivity contribution is 14.1. The summed E-state index contributed by atoms with van der Waals surface area (Å²) in [5, 5.41) is 8.48. The fourth-order valence-electron chi connectivity index (χ4n) is 1.22. The summed E-state index contributed by atoms with van der Waals surface area (Å²) in [4.78, 5) is 10.3. The van der Waals surface area contributed by atoms with Gasteiger partial charge >= 0.3 is 5.97 Å². The largest absolute Gasteiger partial charge is 0.493 e. The van der Waals surface area contributed by atoms with E-state index >= 15 is 0 Å². The maximum Gasteiger partial charge on any atom is 0.303 e. The second kappa shape index (κ2) is 7.27. The van der Waals surface area contributed by atoms with Crippen molar-refractivity contribution in [1.82, 2.24) is 0 Å². The number of para-hydroxylation sites is 1. The topological polar surface area (TPSA) is 46.5 Å². The minimum Gasteiger partial charge on any atom is -0.493 e. The van der Waals surface area contributed by atoms with Gasteiger partial charge in [0.2, 0.25) is 0 Å². The quantitative estimate of drug-likeness (QED) is 0.642. The van der Waals surface area contributed by atoms with Gasteiger partial charge in [0.25, 0.3) is 0 Å². The molecule has 0 amide bonds. The Morgan fingerprint density at radius 2 is 2.19 bits per heavy atom. The van der Waals surface area contributed by atoms with Gasteiger partial charge < -0.3 is 9.84 Å². The van der Waals surface area contributed by atoms with Gasteiger partial charge in [-0.2, -0.15) is 0 Å². The van der Waals surface area contributed by atoms with Crippen molar-refractivity contribution >= 4 is 34.6 Å². The molecule has 1 rings (SSSR count). The minimum absolute atomic E-state index is 0.143. The van der Waals surface area contributed by atoms with Crippen LogP contribution < -0.4 is 4.74 Å². The molecule has 1 aromatic carbocycles. The van der Waals surface area contributed by atoms with Crippen molar-refractivity contribution in [3.8, 4) is 5.75 Å². The smallest absolute Gasteiger partial charge is 0.303 e. The molecule has 0 bridgehead atoms. The highest BCUT2D eigenvalue weighted by Gasteiger charge is 2.00. The predicted octanol–water partition coefficient (Wildman–Crippen LogP) is 3.34. The molecule has 0 saturated heterocycles. The number of hydrogen-bond acceptors (Lipinski definition) is 2. The van der Waals surface area contributed by atoms with Gasteiger partial charge in [-0.1, -0.05) is 40.8 Å². The van der Waals surface area contributed by atoms with Crippen LogP contribution in [0.3, 0.4) is 0 Å². The van der Waals surface area contributed by atoms with Crippen molar-refractivity contribution < 1.29 is 14.6 Å². The number of benzene rings is 1. The first kappa shape index (κ1) is 13.0. The maximum atomic E-state index is 10.3. The molecular weight excluding hydrogens is 319 g/mol. The summed E-state index contributed by atoms with van der Waals surface area (Å²) in [5.74, 6) is 0.00449. The summed E-state index contributed by atoms with van der Waals surface area (Å²) >= 11 is 2.15. The average molecular weight is 332 g/mol. The zero-order valence-electron chi connectivity index (χ0n) is 8.73. The van der Waals surface area contributed by atoms with Crippen LogP contribution in [0.5, 0.6) is 5.75 Å². The molecule has 0 atom stereocenters. The van der Waals surface area contributed by atoms with E-state index in [0.29, 0.717) is 13.0 Å². The van der Waals surface area contributed by atoms with Crippen molar-refractivity contribution in [3.05, 3.63) is 33.9 Å². The SMILES string of the molecule is O=C(O)CCCOc1ccccc1C=CI. The number of aliphatic carboxylic acids is 1. The standard InChI is InChI=1S/C12H13IO3/c13-8-7-10-4-1-2-5-11(10)16-9-3-6-12(14)15/h1-2,4-5,7-8H,3,6,9H2,(H,14,15).